The van der Waals surface area contributed by atoms with Crippen LogP contribution in [0.3, 0.4) is 0 Å². The lowest BCUT2D eigenvalue weighted by molar-refractivity contribution is -0.153. The predicted octanol–water partition coefficient (Wildman–Crippen LogP) is 2.41. The van der Waals surface area contributed by atoms with E-state index in [2.05, 4.69) is 21.2 Å². The van der Waals surface area contributed by atoms with Crippen molar-refractivity contribution in [2.75, 3.05) is 13.1 Å². The van der Waals surface area contributed by atoms with Gasteiger partial charge in [0, 0.05) is 11.0 Å². The number of esters is 1. The number of carbonyl (C=O) groups excluding carboxylic acids is 1. The van der Waals surface area contributed by atoms with Gasteiger partial charge in [-0.05, 0) is 38.5 Å². The number of aliphatic hydroxyl groups excluding tert-OH is 1. The lowest BCUT2D eigenvalue weighted by Crippen LogP contribution is -2.33. The largest absolute Gasteiger partial charge is 0.459 e. The third kappa shape index (κ3) is 6.71. The molecule has 19 heavy (non-hydrogen) atoms. The molecular weight excluding hydrogens is 310 g/mol. The average Bonchev–Trinajstić information content (AvgIpc) is 2.27. The Hall–Kier alpha value is -0.910. The number of ether oxygens (including phenoxy) is 1. The summed E-state index contributed by atoms with van der Waals surface area (Å²) >= 11 is 3.34. The SMILES string of the molecule is CC(C)(C)OC(=O)CNC[C@H](O)c1ccc(Br)cc1. The minimum atomic E-state index is -0.643. The van der Waals surface area contributed by atoms with Crippen molar-refractivity contribution in [1.29, 1.82) is 0 Å². The van der Waals surface area contributed by atoms with Gasteiger partial charge in [0.2, 0.25) is 0 Å². The molecule has 0 amide bonds. The number of aliphatic hydroxyl groups is 1. The molecule has 5 heteroatoms. The van der Waals surface area contributed by atoms with Crippen molar-refractivity contribution in [3.8, 4) is 0 Å². The van der Waals surface area contributed by atoms with Crippen LogP contribution in [-0.2, 0) is 9.53 Å². The van der Waals surface area contributed by atoms with Crippen LogP contribution >= 0.6 is 15.9 Å². The highest BCUT2D eigenvalue weighted by Gasteiger charge is 2.16. The average molecular weight is 330 g/mol. The van der Waals surface area contributed by atoms with Crippen molar-refractivity contribution < 1.29 is 14.6 Å². The molecule has 1 rings (SSSR count). The molecule has 0 spiro atoms. The Balaban J connectivity index is 2.33. The molecule has 0 aliphatic rings. The zero-order valence-electron chi connectivity index (χ0n) is 11.4. The molecule has 0 unspecified atom stereocenters. The summed E-state index contributed by atoms with van der Waals surface area (Å²) in [5.41, 5.74) is 0.322. The van der Waals surface area contributed by atoms with E-state index in [1.807, 2.05) is 45.0 Å². The number of benzene rings is 1. The quantitative estimate of drug-likeness (QED) is 0.814. The first-order valence-electron chi connectivity index (χ1n) is 6.14. The number of halogens is 1. The summed E-state index contributed by atoms with van der Waals surface area (Å²) in [5, 5.41) is 12.8. The van der Waals surface area contributed by atoms with Gasteiger partial charge < -0.3 is 15.2 Å². The minimum absolute atomic E-state index is 0.0882. The maximum Gasteiger partial charge on any atom is 0.320 e. The van der Waals surface area contributed by atoms with Crippen LogP contribution in [0.2, 0.25) is 0 Å². The summed E-state index contributed by atoms with van der Waals surface area (Å²) in [7, 11) is 0. The minimum Gasteiger partial charge on any atom is -0.459 e. The Kier molecular flexibility index (Phi) is 5.97. The van der Waals surface area contributed by atoms with Crippen molar-refractivity contribution in [3.05, 3.63) is 34.3 Å². The van der Waals surface area contributed by atoms with Crippen LogP contribution in [0, 0.1) is 0 Å². The maximum absolute atomic E-state index is 11.4. The van der Waals surface area contributed by atoms with Gasteiger partial charge in [-0.2, -0.15) is 0 Å². The Bertz CT molecular complexity index is 412. The highest BCUT2D eigenvalue weighted by molar-refractivity contribution is 9.10. The molecule has 1 atom stereocenters. The number of hydrogen-bond donors (Lipinski definition) is 2. The van der Waals surface area contributed by atoms with Gasteiger partial charge in [-0.1, -0.05) is 28.1 Å². The fourth-order valence-corrected chi connectivity index (χ4v) is 1.76. The van der Waals surface area contributed by atoms with E-state index in [1.165, 1.54) is 0 Å². The maximum atomic E-state index is 11.4. The van der Waals surface area contributed by atoms with Gasteiger partial charge in [-0.15, -0.1) is 0 Å². The molecule has 0 saturated heterocycles. The van der Waals surface area contributed by atoms with Crippen LogP contribution in [0.5, 0.6) is 0 Å². The first kappa shape index (κ1) is 16.1. The number of rotatable bonds is 5. The molecule has 0 bridgehead atoms. The topological polar surface area (TPSA) is 58.6 Å². The smallest absolute Gasteiger partial charge is 0.320 e. The Morgan fingerprint density at radius 2 is 1.95 bits per heavy atom. The fourth-order valence-electron chi connectivity index (χ4n) is 1.49. The Morgan fingerprint density at radius 3 is 2.47 bits per heavy atom. The lowest BCUT2D eigenvalue weighted by Gasteiger charge is -2.20. The second kappa shape index (κ2) is 7.03. The summed E-state index contributed by atoms with van der Waals surface area (Å²) in [6.45, 7) is 5.86. The highest BCUT2D eigenvalue weighted by Crippen LogP contribution is 2.16. The molecule has 2 N–H and O–H groups in total. The highest BCUT2D eigenvalue weighted by atomic mass is 79.9. The van der Waals surface area contributed by atoms with Gasteiger partial charge in [0.25, 0.3) is 0 Å². The summed E-state index contributed by atoms with van der Waals surface area (Å²) in [6.07, 6.45) is -0.643. The van der Waals surface area contributed by atoms with Crippen molar-refractivity contribution >= 4 is 21.9 Å². The standard InChI is InChI=1S/C14H20BrNO3/c1-14(2,3)19-13(18)9-16-8-12(17)10-4-6-11(15)7-5-10/h4-7,12,16-17H,8-9H2,1-3H3/t12-/m0/s1. The number of carbonyl (C=O) groups is 1. The molecule has 4 nitrogen and oxygen atoms in total. The summed E-state index contributed by atoms with van der Waals surface area (Å²) in [6, 6.07) is 7.41. The Labute approximate surface area is 122 Å². The van der Waals surface area contributed by atoms with Crippen LogP contribution in [0.15, 0.2) is 28.7 Å². The first-order valence-corrected chi connectivity index (χ1v) is 6.93. The molecule has 0 aliphatic heterocycles. The normalized spacial score (nSPS) is 13.1. The van der Waals surface area contributed by atoms with Crippen LogP contribution in [0.1, 0.15) is 32.4 Å². The fraction of sp³-hybridized carbons (Fsp3) is 0.500. The Morgan fingerprint density at radius 1 is 1.37 bits per heavy atom. The van der Waals surface area contributed by atoms with Gasteiger partial charge in [0.1, 0.15) is 5.60 Å². The van der Waals surface area contributed by atoms with Crippen molar-refractivity contribution in [1.82, 2.24) is 5.32 Å². The van der Waals surface area contributed by atoms with Crippen molar-refractivity contribution in [2.45, 2.75) is 32.5 Å². The first-order chi connectivity index (χ1) is 8.78. The van der Waals surface area contributed by atoms with E-state index in [0.29, 0.717) is 6.54 Å². The predicted molar refractivity (Wildman–Crippen MR) is 77.8 cm³/mol. The second-order valence-electron chi connectivity index (χ2n) is 5.28. The van der Waals surface area contributed by atoms with E-state index in [0.717, 1.165) is 10.0 Å². The van der Waals surface area contributed by atoms with E-state index in [-0.39, 0.29) is 12.5 Å². The molecule has 1 aromatic rings. The summed E-state index contributed by atoms with van der Waals surface area (Å²) in [4.78, 5) is 11.4. The third-order valence-electron chi connectivity index (χ3n) is 2.28. The zero-order valence-corrected chi connectivity index (χ0v) is 13.0. The van der Waals surface area contributed by atoms with Crippen LogP contribution in [-0.4, -0.2) is 29.8 Å². The molecule has 0 aliphatic carbocycles. The van der Waals surface area contributed by atoms with Crippen LogP contribution < -0.4 is 5.32 Å². The zero-order chi connectivity index (χ0) is 14.5. The molecule has 0 radical (unpaired) electrons. The van der Waals surface area contributed by atoms with E-state index < -0.39 is 11.7 Å². The number of hydrogen-bond acceptors (Lipinski definition) is 4. The lowest BCUT2D eigenvalue weighted by atomic mass is 10.1. The number of nitrogens with one attached hydrogen (secondary N) is 1. The van der Waals surface area contributed by atoms with Gasteiger partial charge in [-0.25, -0.2) is 0 Å². The monoisotopic (exact) mass is 329 g/mol. The van der Waals surface area contributed by atoms with E-state index >= 15 is 0 Å². The molecule has 0 aromatic heterocycles. The van der Waals surface area contributed by atoms with Gasteiger partial charge in [0.15, 0.2) is 0 Å². The molecular formula is C14H20BrNO3. The van der Waals surface area contributed by atoms with Gasteiger partial charge in [0.05, 0.1) is 12.6 Å². The molecule has 0 saturated carbocycles. The third-order valence-corrected chi connectivity index (χ3v) is 2.81. The van der Waals surface area contributed by atoms with Crippen LogP contribution in [0.25, 0.3) is 0 Å². The van der Waals surface area contributed by atoms with E-state index in [9.17, 15) is 9.90 Å². The van der Waals surface area contributed by atoms with E-state index in [4.69, 9.17) is 4.74 Å². The molecule has 1 aromatic carbocycles. The molecule has 0 fully saturated rings. The van der Waals surface area contributed by atoms with Crippen molar-refractivity contribution in [2.24, 2.45) is 0 Å². The summed E-state index contributed by atoms with van der Waals surface area (Å²) in [5.74, 6) is -0.324. The van der Waals surface area contributed by atoms with Gasteiger partial charge >= 0.3 is 5.97 Å². The molecule has 106 valence electrons. The van der Waals surface area contributed by atoms with Crippen molar-refractivity contribution in [3.63, 3.8) is 0 Å². The van der Waals surface area contributed by atoms with Crippen LogP contribution in [0.4, 0.5) is 0 Å². The second-order valence-corrected chi connectivity index (χ2v) is 6.20. The van der Waals surface area contributed by atoms with Gasteiger partial charge in [-0.3, -0.25) is 4.79 Å². The molecule has 0 heterocycles. The van der Waals surface area contributed by atoms with E-state index in [1.54, 1.807) is 0 Å². The summed E-state index contributed by atoms with van der Waals surface area (Å²) < 4.78 is 6.11.